The van der Waals surface area contributed by atoms with Crippen molar-refractivity contribution in [2.45, 2.75) is 13.2 Å². The van der Waals surface area contributed by atoms with Crippen molar-refractivity contribution in [2.75, 3.05) is 12.4 Å². The van der Waals surface area contributed by atoms with Gasteiger partial charge in [0.1, 0.15) is 11.5 Å². The number of ether oxygens (including phenoxy) is 2. The molecular weight excluding hydrogens is 330 g/mol. The Bertz CT molecular complexity index is 793. The quantitative estimate of drug-likeness (QED) is 0.699. The van der Waals surface area contributed by atoms with E-state index < -0.39 is 0 Å². The van der Waals surface area contributed by atoms with E-state index in [1.54, 1.807) is 25.3 Å². The van der Waals surface area contributed by atoms with Gasteiger partial charge in [-0.15, -0.1) is 10.2 Å². The Morgan fingerprint density at radius 3 is 2.67 bits per heavy atom. The number of nitrogens with one attached hydrogen (secondary N) is 1. The van der Waals surface area contributed by atoms with E-state index in [2.05, 4.69) is 15.5 Å². The SMILES string of the molecule is COc1ccc(Cl)cc1NCc1nnc(COc2ccccc2)o1. The minimum atomic E-state index is 0.220. The summed E-state index contributed by atoms with van der Waals surface area (Å²) in [5.41, 5.74) is 0.755. The fourth-order valence-corrected chi connectivity index (χ4v) is 2.24. The maximum Gasteiger partial charge on any atom is 0.253 e. The molecule has 0 saturated carbocycles. The number of methoxy groups -OCH3 is 1. The molecule has 0 fully saturated rings. The van der Waals surface area contributed by atoms with Crippen molar-refractivity contribution in [3.8, 4) is 11.5 Å². The summed E-state index contributed by atoms with van der Waals surface area (Å²) in [6.07, 6.45) is 0. The molecule has 24 heavy (non-hydrogen) atoms. The van der Waals surface area contributed by atoms with Crippen molar-refractivity contribution in [1.82, 2.24) is 10.2 Å². The van der Waals surface area contributed by atoms with Gasteiger partial charge < -0.3 is 19.2 Å². The maximum absolute atomic E-state index is 6.00. The first-order valence-corrected chi connectivity index (χ1v) is 7.69. The number of para-hydroxylation sites is 1. The molecule has 0 radical (unpaired) electrons. The molecule has 1 N–H and O–H groups in total. The molecule has 0 aliphatic rings. The summed E-state index contributed by atoms with van der Waals surface area (Å²) >= 11 is 6.00. The van der Waals surface area contributed by atoms with Crippen molar-refractivity contribution in [3.63, 3.8) is 0 Å². The van der Waals surface area contributed by atoms with Crippen LogP contribution in [0.2, 0.25) is 5.02 Å². The van der Waals surface area contributed by atoms with Crippen LogP contribution in [0.5, 0.6) is 11.5 Å². The molecule has 0 aliphatic carbocycles. The van der Waals surface area contributed by atoms with Crippen LogP contribution in [0.4, 0.5) is 5.69 Å². The Morgan fingerprint density at radius 2 is 1.88 bits per heavy atom. The minimum Gasteiger partial charge on any atom is -0.495 e. The lowest BCUT2D eigenvalue weighted by atomic mass is 10.3. The number of rotatable bonds is 7. The summed E-state index contributed by atoms with van der Waals surface area (Å²) in [4.78, 5) is 0. The first kappa shape index (κ1) is 16.1. The first-order valence-electron chi connectivity index (χ1n) is 7.31. The number of hydrogen-bond acceptors (Lipinski definition) is 6. The zero-order valence-corrected chi connectivity index (χ0v) is 13.8. The molecule has 0 atom stereocenters. The van der Waals surface area contributed by atoms with Crippen LogP contribution in [0.15, 0.2) is 52.9 Å². The van der Waals surface area contributed by atoms with Gasteiger partial charge in [-0.1, -0.05) is 29.8 Å². The molecule has 1 aromatic heterocycles. The summed E-state index contributed by atoms with van der Waals surface area (Å²) in [7, 11) is 1.60. The highest BCUT2D eigenvalue weighted by molar-refractivity contribution is 6.30. The molecule has 0 unspecified atom stereocenters. The van der Waals surface area contributed by atoms with E-state index in [1.807, 2.05) is 30.3 Å². The average Bonchev–Trinajstić information content (AvgIpc) is 3.07. The van der Waals surface area contributed by atoms with Crippen LogP contribution in [0.25, 0.3) is 0 Å². The van der Waals surface area contributed by atoms with Crippen LogP contribution >= 0.6 is 11.6 Å². The summed E-state index contributed by atoms with van der Waals surface area (Å²) < 4.78 is 16.4. The largest absolute Gasteiger partial charge is 0.495 e. The Hall–Kier alpha value is -2.73. The van der Waals surface area contributed by atoms with Crippen molar-refractivity contribution in [2.24, 2.45) is 0 Å². The molecule has 3 rings (SSSR count). The Morgan fingerprint density at radius 1 is 1.08 bits per heavy atom. The van der Waals surface area contributed by atoms with Gasteiger partial charge in [0.25, 0.3) is 5.89 Å². The third-order valence-corrected chi connectivity index (χ3v) is 3.44. The van der Waals surface area contributed by atoms with Crippen molar-refractivity contribution < 1.29 is 13.9 Å². The number of nitrogens with zero attached hydrogens (tertiary/aromatic N) is 2. The molecule has 3 aromatic rings. The second kappa shape index (κ2) is 7.70. The fraction of sp³-hybridized carbons (Fsp3) is 0.176. The van der Waals surface area contributed by atoms with Crippen molar-refractivity contribution in [1.29, 1.82) is 0 Å². The standard InChI is InChI=1S/C17H16ClN3O3/c1-22-15-8-7-12(18)9-14(15)19-10-16-20-21-17(24-16)11-23-13-5-3-2-4-6-13/h2-9,19H,10-11H2,1H3. The minimum absolute atomic E-state index is 0.220. The molecule has 2 aromatic carbocycles. The average molecular weight is 346 g/mol. The first-order chi connectivity index (χ1) is 11.7. The van der Waals surface area contributed by atoms with Gasteiger partial charge in [-0.05, 0) is 30.3 Å². The van der Waals surface area contributed by atoms with E-state index in [-0.39, 0.29) is 6.61 Å². The molecule has 0 bridgehead atoms. The highest BCUT2D eigenvalue weighted by Crippen LogP contribution is 2.28. The lowest BCUT2D eigenvalue weighted by Gasteiger charge is -2.09. The highest BCUT2D eigenvalue weighted by atomic mass is 35.5. The lowest BCUT2D eigenvalue weighted by Crippen LogP contribution is -2.01. The molecule has 0 spiro atoms. The van der Waals surface area contributed by atoms with Gasteiger partial charge in [0.05, 0.1) is 19.3 Å². The molecule has 6 nitrogen and oxygen atoms in total. The van der Waals surface area contributed by atoms with E-state index in [9.17, 15) is 0 Å². The lowest BCUT2D eigenvalue weighted by molar-refractivity contribution is 0.259. The van der Waals surface area contributed by atoms with Gasteiger partial charge >= 0.3 is 0 Å². The van der Waals surface area contributed by atoms with Crippen molar-refractivity contribution in [3.05, 3.63) is 65.3 Å². The summed E-state index contributed by atoms with van der Waals surface area (Å²) in [6.45, 7) is 0.576. The van der Waals surface area contributed by atoms with Crippen molar-refractivity contribution >= 4 is 17.3 Å². The Kier molecular flexibility index (Phi) is 5.18. The van der Waals surface area contributed by atoms with E-state index >= 15 is 0 Å². The summed E-state index contributed by atoms with van der Waals surface area (Å²) in [5.74, 6) is 2.29. The number of benzene rings is 2. The second-order valence-electron chi connectivity index (χ2n) is 4.89. The molecule has 7 heteroatoms. The van der Waals surface area contributed by atoms with Crippen LogP contribution in [0.1, 0.15) is 11.8 Å². The predicted octanol–water partition coefficient (Wildman–Crippen LogP) is 3.92. The van der Waals surface area contributed by atoms with Crippen LogP contribution < -0.4 is 14.8 Å². The van der Waals surface area contributed by atoms with Crippen LogP contribution in [-0.4, -0.2) is 17.3 Å². The zero-order valence-electron chi connectivity index (χ0n) is 13.0. The van der Waals surface area contributed by atoms with E-state index in [1.165, 1.54) is 0 Å². The fourth-order valence-electron chi connectivity index (χ4n) is 2.07. The summed E-state index contributed by atoms with van der Waals surface area (Å²) in [6, 6.07) is 14.8. The molecule has 0 saturated heterocycles. The van der Waals surface area contributed by atoms with Crippen LogP contribution in [-0.2, 0) is 13.2 Å². The number of anilines is 1. The zero-order chi connectivity index (χ0) is 16.8. The molecule has 0 aliphatic heterocycles. The van der Waals surface area contributed by atoms with E-state index in [4.69, 9.17) is 25.5 Å². The topological polar surface area (TPSA) is 69.4 Å². The number of halogens is 1. The molecule has 124 valence electrons. The Labute approximate surface area is 144 Å². The number of hydrogen-bond donors (Lipinski definition) is 1. The predicted molar refractivity (Wildman–Crippen MR) is 90.4 cm³/mol. The van der Waals surface area contributed by atoms with Crippen LogP contribution in [0.3, 0.4) is 0 Å². The number of aromatic nitrogens is 2. The van der Waals surface area contributed by atoms with Gasteiger partial charge in [0.15, 0.2) is 6.61 Å². The third-order valence-electron chi connectivity index (χ3n) is 3.21. The van der Waals surface area contributed by atoms with Gasteiger partial charge in [-0.2, -0.15) is 0 Å². The highest BCUT2D eigenvalue weighted by Gasteiger charge is 2.09. The Balaban J connectivity index is 1.57. The summed E-state index contributed by atoms with van der Waals surface area (Å²) in [5, 5.41) is 11.7. The van der Waals surface area contributed by atoms with Gasteiger partial charge in [0, 0.05) is 5.02 Å². The second-order valence-corrected chi connectivity index (χ2v) is 5.33. The molecule has 0 amide bonds. The van der Waals surface area contributed by atoms with Gasteiger partial charge in [0.2, 0.25) is 5.89 Å². The van der Waals surface area contributed by atoms with E-state index in [0.29, 0.717) is 29.1 Å². The molecule has 1 heterocycles. The molecular formula is C17H16ClN3O3. The normalized spacial score (nSPS) is 10.4. The third kappa shape index (κ3) is 4.17. The maximum atomic E-state index is 6.00. The smallest absolute Gasteiger partial charge is 0.253 e. The van der Waals surface area contributed by atoms with Gasteiger partial charge in [-0.25, -0.2) is 0 Å². The van der Waals surface area contributed by atoms with Crippen LogP contribution in [0, 0.1) is 0 Å². The van der Waals surface area contributed by atoms with Gasteiger partial charge in [-0.3, -0.25) is 0 Å². The monoisotopic (exact) mass is 345 g/mol. The van der Waals surface area contributed by atoms with E-state index in [0.717, 1.165) is 11.4 Å².